The number of para-hydroxylation sites is 1. The molecule has 3 heterocycles. The molecule has 2 aromatic heterocycles. The Morgan fingerprint density at radius 2 is 1.79 bits per heavy atom. The van der Waals surface area contributed by atoms with Crippen molar-refractivity contribution in [2.45, 2.75) is 52.5 Å². The van der Waals surface area contributed by atoms with E-state index in [2.05, 4.69) is 10.4 Å². The molecule has 0 unspecified atom stereocenters. The summed E-state index contributed by atoms with van der Waals surface area (Å²) in [7, 11) is 0. The first-order chi connectivity index (χ1) is 16.0. The number of carbonyl (C=O) groups excluding carboxylic acids is 1. The maximum atomic E-state index is 13.1. The molecular formula is C26H27N5O2. The first-order valence-electron chi connectivity index (χ1n) is 11.5. The zero-order valence-corrected chi connectivity index (χ0v) is 19.0. The van der Waals surface area contributed by atoms with Gasteiger partial charge < -0.3 is 5.32 Å². The smallest absolute Gasteiger partial charge is 0.261 e. The first-order valence-corrected chi connectivity index (χ1v) is 11.5. The SMILES string of the molecule is Cc1nn(-c2ccccc2)c(C)c1NC(=O)c1ccc2c(=O)n3c(nc2c1)CCCCCC3. The maximum absolute atomic E-state index is 13.1. The number of hydrogen-bond donors (Lipinski definition) is 1. The Bertz CT molecular complexity index is 1400. The molecule has 0 atom stereocenters. The van der Waals surface area contributed by atoms with Crippen LogP contribution in [0.5, 0.6) is 0 Å². The molecule has 0 bridgehead atoms. The molecule has 2 aromatic carbocycles. The van der Waals surface area contributed by atoms with Crippen molar-refractivity contribution >= 4 is 22.5 Å². The molecule has 33 heavy (non-hydrogen) atoms. The average molecular weight is 442 g/mol. The summed E-state index contributed by atoms with van der Waals surface area (Å²) in [4.78, 5) is 30.9. The number of hydrogen-bond acceptors (Lipinski definition) is 4. The highest BCUT2D eigenvalue weighted by atomic mass is 16.1. The lowest BCUT2D eigenvalue weighted by Gasteiger charge is -2.16. The number of fused-ring (bicyclic) bond motifs is 2. The second-order valence-corrected chi connectivity index (χ2v) is 8.63. The van der Waals surface area contributed by atoms with Crippen LogP contribution in [0.1, 0.15) is 53.3 Å². The minimum atomic E-state index is -0.246. The number of aromatic nitrogens is 4. The molecule has 0 radical (unpaired) electrons. The van der Waals surface area contributed by atoms with Gasteiger partial charge in [0, 0.05) is 18.5 Å². The van der Waals surface area contributed by atoms with E-state index >= 15 is 0 Å². The highest BCUT2D eigenvalue weighted by molar-refractivity contribution is 6.06. The highest BCUT2D eigenvalue weighted by Gasteiger charge is 2.18. The van der Waals surface area contributed by atoms with Crippen molar-refractivity contribution in [3.8, 4) is 5.69 Å². The van der Waals surface area contributed by atoms with E-state index in [-0.39, 0.29) is 11.5 Å². The van der Waals surface area contributed by atoms with Crippen LogP contribution < -0.4 is 10.9 Å². The summed E-state index contributed by atoms with van der Waals surface area (Å²) in [6.45, 7) is 4.52. The topological polar surface area (TPSA) is 81.8 Å². The molecule has 0 spiro atoms. The Morgan fingerprint density at radius 3 is 2.61 bits per heavy atom. The summed E-state index contributed by atoms with van der Waals surface area (Å²) >= 11 is 0. The summed E-state index contributed by atoms with van der Waals surface area (Å²) < 4.78 is 3.64. The van der Waals surface area contributed by atoms with E-state index < -0.39 is 0 Å². The third kappa shape index (κ3) is 3.95. The van der Waals surface area contributed by atoms with Gasteiger partial charge in [-0.1, -0.05) is 31.0 Å². The van der Waals surface area contributed by atoms with E-state index in [0.29, 0.717) is 28.7 Å². The van der Waals surface area contributed by atoms with Gasteiger partial charge >= 0.3 is 0 Å². The number of benzene rings is 2. The lowest BCUT2D eigenvalue weighted by atomic mass is 10.1. The molecule has 1 N–H and O–H groups in total. The highest BCUT2D eigenvalue weighted by Crippen LogP contribution is 2.24. The van der Waals surface area contributed by atoms with Crippen molar-refractivity contribution in [3.05, 3.63) is 81.7 Å². The van der Waals surface area contributed by atoms with Gasteiger partial charge in [0.1, 0.15) is 5.82 Å². The fourth-order valence-electron chi connectivity index (χ4n) is 4.57. The zero-order chi connectivity index (χ0) is 22.9. The number of amides is 1. The van der Waals surface area contributed by atoms with Gasteiger partial charge in [-0.3, -0.25) is 14.2 Å². The monoisotopic (exact) mass is 441 g/mol. The molecule has 0 saturated heterocycles. The van der Waals surface area contributed by atoms with Crippen molar-refractivity contribution < 1.29 is 4.79 Å². The van der Waals surface area contributed by atoms with Gasteiger partial charge in [0.05, 0.1) is 33.7 Å². The molecule has 0 aliphatic carbocycles. The minimum absolute atomic E-state index is 0.0142. The summed E-state index contributed by atoms with van der Waals surface area (Å²) in [5.41, 5.74) is 4.25. The molecular weight excluding hydrogens is 414 g/mol. The Labute approximate surface area is 192 Å². The molecule has 0 saturated carbocycles. The molecule has 1 amide bonds. The molecule has 0 fully saturated rings. The maximum Gasteiger partial charge on any atom is 0.261 e. The van der Waals surface area contributed by atoms with Crippen molar-refractivity contribution in [1.82, 2.24) is 19.3 Å². The average Bonchev–Trinajstić information content (AvgIpc) is 3.09. The number of carbonyl (C=O) groups is 1. The molecule has 1 aliphatic rings. The van der Waals surface area contributed by atoms with Gasteiger partial charge in [0.15, 0.2) is 0 Å². The fourth-order valence-corrected chi connectivity index (χ4v) is 4.57. The largest absolute Gasteiger partial charge is 0.319 e. The van der Waals surface area contributed by atoms with E-state index in [1.807, 2.05) is 53.4 Å². The number of nitrogens with zero attached hydrogens (tertiary/aromatic N) is 4. The molecule has 1 aliphatic heterocycles. The first kappa shape index (κ1) is 21.1. The van der Waals surface area contributed by atoms with Crippen LogP contribution in [0.4, 0.5) is 5.69 Å². The molecule has 7 nitrogen and oxygen atoms in total. The standard InChI is InChI=1S/C26H27N5O2/c1-17-24(18(2)31(29-17)20-10-6-5-7-11-20)28-25(32)19-13-14-21-22(16-19)27-23-12-8-3-4-9-15-30(23)26(21)33/h5-7,10-11,13-14,16H,3-4,8-9,12,15H2,1-2H3,(H,28,32). The Morgan fingerprint density at radius 1 is 1.00 bits per heavy atom. The Balaban J connectivity index is 1.48. The van der Waals surface area contributed by atoms with E-state index in [0.717, 1.165) is 55.0 Å². The van der Waals surface area contributed by atoms with Crippen molar-refractivity contribution in [2.75, 3.05) is 5.32 Å². The van der Waals surface area contributed by atoms with Gasteiger partial charge in [-0.25, -0.2) is 9.67 Å². The number of anilines is 1. The predicted molar refractivity (Wildman–Crippen MR) is 129 cm³/mol. The van der Waals surface area contributed by atoms with Crippen LogP contribution in [-0.2, 0) is 13.0 Å². The lowest BCUT2D eigenvalue weighted by Crippen LogP contribution is -2.26. The Kier molecular flexibility index (Phi) is 5.54. The third-order valence-corrected chi connectivity index (χ3v) is 6.36. The predicted octanol–water partition coefficient (Wildman–Crippen LogP) is 4.57. The quantitative estimate of drug-likeness (QED) is 0.505. The summed E-state index contributed by atoms with van der Waals surface area (Å²) in [6, 6.07) is 15.0. The van der Waals surface area contributed by atoms with Crippen LogP contribution in [0.25, 0.3) is 16.6 Å². The molecule has 5 rings (SSSR count). The van der Waals surface area contributed by atoms with Gasteiger partial charge in [-0.05, 0) is 57.0 Å². The number of nitrogens with one attached hydrogen (secondary N) is 1. The lowest BCUT2D eigenvalue weighted by molar-refractivity contribution is 0.102. The van der Waals surface area contributed by atoms with E-state index in [9.17, 15) is 9.59 Å². The number of rotatable bonds is 3. The van der Waals surface area contributed by atoms with Crippen molar-refractivity contribution in [2.24, 2.45) is 0 Å². The third-order valence-electron chi connectivity index (χ3n) is 6.36. The van der Waals surface area contributed by atoms with E-state index in [1.165, 1.54) is 0 Å². The van der Waals surface area contributed by atoms with Gasteiger partial charge in [-0.15, -0.1) is 0 Å². The van der Waals surface area contributed by atoms with Gasteiger partial charge in [0.25, 0.3) is 11.5 Å². The summed E-state index contributed by atoms with van der Waals surface area (Å²) in [5.74, 6) is 0.574. The van der Waals surface area contributed by atoms with Crippen molar-refractivity contribution in [3.63, 3.8) is 0 Å². The second-order valence-electron chi connectivity index (χ2n) is 8.63. The van der Waals surface area contributed by atoms with Gasteiger partial charge in [0.2, 0.25) is 0 Å². The number of aryl methyl sites for hydroxylation is 2. The van der Waals surface area contributed by atoms with Crippen LogP contribution in [0.15, 0.2) is 53.3 Å². The normalized spacial score (nSPS) is 13.9. The zero-order valence-electron chi connectivity index (χ0n) is 19.0. The molecule has 4 aromatic rings. The minimum Gasteiger partial charge on any atom is -0.319 e. The molecule has 7 heteroatoms. The van der Waals surface area contributed by atoms with Crippen LogP contribution in [0, 0.1) is 13.8 Å². The second kappa shape index (κ2) is 8.65. The fraction of sp³-hybridized carbons (Fsp3) is 0.308. The van der Waals surface area contributed by atoms with Crippen LogP contribution in [0.2, 0.25) is 0 Å². The summed E-state index contributed by atoms with van der Waals surface area (Å²) in [5, 5.41) is 8.17. The van der Waals surface area contributed by atoms with Gasteiger partial charge in [-0.2, -0.15) is 5.10 Å². The van der Waals surface area contributed by atoms with Crippen molar-refractivity contribution in [1.29, 1.82) is 0 Å². The molecule has 168 valence electrons. The van der Waals surface area contributed by atoms with Crippen LogP contribution in [-0.4, -0.2) is 25.2 Å². The van der Waals surface area contributed by atoms with Crippen LogP contribution >= 0.6 is 0 Å². The Hall–Kier alpha value is -3.74. The van der Waals surface area contributed by atoms with E-state index in [1.54, 1.807) is 18.2 Å². The summed E-state index contributed by atoms with van der Waals surface area (Å²) in [6.07, 6.45) is 5.12. The van der Waals surface area contributed by atoms with Crippen LogP contribution in [0.3, 0.4) is 0 Å². The van der Waals surface area contributed by atoms with E-state index in [4.69, 9.17) is 4.98 Å².